The molecule has 0 aromatic heterocycles. The highest BCUT2D eigenvalue weighted by Crippen LogP contribution is 2.14. The number of amides is 1. The Kier molecular flexibility index (Phi) is 10.2. The zero-order chi connectivity index (χ0) is 13.8. The monoisotopic (exact) mass is 302 g/mol. The van der Waals surface area contributed by atoms with E-state index in [-0.39, 0.29) is 12.5 Å². The van der Waals surface area contributed by atoms with Gasteiger partial charge in [-0.3, -0.25) is 5.32 Å². The first-order chi connectivity index (χ1) is 8.72. The summed E-state index contributed by atoms with van der Waals surface area (Å²) in [4.78, 5) is 18.0. The van der Waals surface area contributed by atoms with Gasteiger partial charge in [0.2, 0.25) is 10.5 Å². The van der Waals surface area contributed by atoms with Gasteiger partial charge in [0.05, 0.1) is 5.88 Å². The minimum Gasteiger partial charge on any atom is -0.436 e. The van der Waals surface area contributed by atoms with Crippen LogP contribution in [-0.2, 0) is 4.74 Å². The summed E-state index contributed by atoms with van der Waals surface area (Å²) in [5.74, 6) is 5.36. The Labute approximate surface area is 119 Å². The predicted molar refractivity (Wildman–Crippen MR) is 72.9 cm³/mol. The Morgan fingerprint density at radius 1 is 1.44 bits per heavy atom. The average Bonchev–Trinajstić information content (AvgIpc) is 2.37. The molecule has 18 heavy (non-hydrogen) atoms. The van der Waals surface area contributed by atoms with Gasteiger partial charge >= 0.3 is 6.09 Å². The lowest BCUT2D eigenvalue weighted by Crippen LogP contribution is -2.13. The molecule has 0 aliphatic rings. The number of carbonyl (C=O) groups is 1. The summed E-state index contributed by atoms with van der Waals surface area (Å²) in [7, 11) is 1.97. The van der Waals surface area contributed by atoms with Gasteiger partial charge in [0.25, 0.3) is 0 Å². The second kappa shape index (κ2) is 10.9. The summed E-state index contributed by atoms with van der Waals surface area (Å²) in [6, 6.07) is 6.76. The number of hydrogen-bond donors (Lipinski definition) is 2. The van der Waals surface area contributed by atoms with Crippen LogP contribution in [0.4, 0.5) is 10.5 Å². The number of carbonyl (C=O) groups excluding carboxylic acids is 1. The molecular formula is C11H10Cl2NO3Si. The van der Waals surface area contributed by atoms with E-state index in [0.717, 1.165) is 0 Å². The smallest absolute Gasteiger partial charge is 0.412 e. The van der Waals surface area contributed by atoms with Crippen LogP contribution in [0.5, 0.6) is 0 Å². The lowest BCUT2D eigenvalue weighted by Gasteiger charge is -2.04. The van der Waals surface area contributed by atoms with E-state index in [9.17, 15) is 4.79 Å². The SMILES string of the molecule is O=C(Nc1cccc(Cl)c1)OCC#CCCl.O[Si]. The molecule has 0 bridgehead atoms. The Hall–Kier alpha value is -1.19. The third-order valence-electron chi connectivity index (χ3n) is 1.54. The molecule has 0 aliphatic carbocycles. The fourth-order valence-corrected chi connectivity index (χ4v) is 1.20. The van der Waals surface area contributed by atoms with Crippen molar-refractivity contribution in [1.29, 1.82) is 0 Å². The number of nitrogens with one attached hydrogen (secondary N) is 1. The van der Waals surface area contributed by atoms with Crippen molar-refractivity contribution in [3.05, 3.63) is 29.3 Å². The van der Waals surface area contributed by atoms with Crippen LogP contribution in [0.15, 0.2) is 24.3 Å². The quantitative estimate of drug-likeness (QED) is 0.500. The molecule has 1 aromatic carbocycles. The van der Waals surface area contributed by atoms with Crippen molar-refractivity contribution in [3.8, 4) is 11.8 Å². The fourth-order valence-electron chi connectivity index (χ4n) is 0.920. The number of benzene rings is 1. The topological polar surface area (TPSA) is 58.6 Å². The van der Waals surface area contributed by atoms with E-state index in [2.05, 4.69) is 17.2 Å². The van der Waals surface area contributed by atoms with Gasteiger partial charge in [-0.25, -0.2) is 4.79 Å². The number of anilines is 1. The molecule has 0 spiro atoms. The van der Waals surface area contributed by atoms with Crippen LogP contribution in [0.25, 0.3) is 0 Å². The second-order valence-electron chi connectivity index (χ2n) is 2.70. The first kappa shape index (κ1) is 16.8. The molecule has 3 radical (unpaired) electrons. The van der Waals surface area contributed by atoms with Crippen molar-refractivity contribution >= 4 is 45.5 Å². The molecule has 4 nitrogen and oxygen atoms in total. The van der Waals surface area contributed by atoms with Crippen molar-refractivity contribution in [3.63, 3.8) is 0 Å². The first-order valence-electron chi connectivity index (χ1n) is 4.66. The van der Waals surface area contributed by atoms with Gasteiger partial charge < -0.3 is 9.53 Å². The zero-order valence-corrected chi connectivity index (χ0v) is 11.8. The average molecular weight is 303 g/mol. The van der Waals surface area contributed by atoms with Gasteiger partial charge in [0, 0.05) is 10.7 Å². The van der Waals surface area contributed by atoms with E-state index in [0.29, 0.717) is 10.7 Å². The van der Waals surface area contributed by atoms with Gasteiger partial charge in [0.15, 0.2) is 6.61 Å². The van der Waals surface area contributed by atoms with Crippen molar-refractivity contribution in [2.24, 2.45) is 0 Å². The van der Waals surface area contributed by atoms with Crippen LogP contribution >= 0.6 is 23.2 Å². The first-order valence-corrected chi connectivity index (χ1v) is 6.01. The molecule has 1 aromatic rings. The number of alkyl halides is 1. The minimum atomic E-state index is -0.578. The maximum absolute atomic E-state index is 11.2. The molecule has 1 amide bonds. The molecule has 0 saturated heterocycles. The summed E-state index contributed by atoms with van der Waals surface area (Å²) < 4.78 is 4.76. The number of hydrogen-bond acceptors (Lipinski definition) is 3. The molecule has 0 fully saturated rings. The van der Waals surface area contributed by atoms with Crippen LogP contribution in [0.1, 0.15) is 0 Å². The Morgan fingerprint density at radius 2 is 2.17 bits per heavy atom. The van der Waals surface area contributed by atoms with Gasteiger partial charge in [-0.15, -0.1) is 11.6 Å². The number of rotatable bonds is 2. The van der Waals surface area contributed by atoms with Crippen LogP contribution in [0, 0.1) is 11.8 Å². The molecule has 2 N–H and O–H groups in total. The van der Waals surface area contributed by atoms with Gasteiger partial charge in [-0.2, -0.15) is 0 Å². The normalized spacial score (nSPS) is 8.22. The van der Waals surface area contributed by atoms with E-state index < -0.39 is 6.09 Å². The zero-order valence-electron chi connectivity index (χ0n) is 9.24. The molecule has 95 valence electrons. The van der Waals surface area contributed by atoms with Crippen LogP contribution < -0.4 is 5.32 Å². The van der Waals surface area contributed by atoms with E-state index in [1.165, 1.54) is 0 Å². The van der Waals surface area contributed by atoms with Crippen molar-refractivity contribution in [1.82, 2.24) is 0 Å². The Balaban J connectivity index is 0.00000137. The van der Waals surface area contributed by atoms with Crippen molar-refractivity contribution in [2.45, 2.75) is 0 Å². The molecular weight excluding hydrogens is 293 g/mol. The highest BCUT2D eigenvalue weighted by atomic mass is 35.5. The van der Waals surface area contributed by atoms with E-state index in [1.807, 2.05) is 10.5 Å². The minimum absolute atomic E-state index is 0.0130. The highest BCUT2D eigenvalue weighted by molar-refractivity contribution is 6.30. The van der Waals surface area contributed by atoms with Crippen molar-refractivity contribution < 1.29 is 14.3 Å². The number of ether oxygens (including phenoxy) is 1. The molecule has 7 heteroatoms. The Bertz CT molecular complexity index is 432. The van der Waals surface area contributed by atoms with E-state index >= 15 is 0 Å². The summed E-state index contributed by atoms with van der Waals surface area (Å²) in [5.41, 5.74) is 0.572. The van der Waals surface area contributed by atoms with Gasteiger partial charge in [-0.1, -0.05) is 29.5 Å². The van der Waals surface area contributed by atoms with Gasteiger partial charge in [-0.05, 0) is 18.2 Å². The number of halogens is 2. The third kappa shape index (κ3) is 7.98. The van der Waals surface area contributed by atoms with E-state index in [1.54, 1.807) is 24.3 Å². The van der Waals surface area contributed by atoms with Crippen LogP contribution in [0.2, 0.25) is 5.02 Å². The molecule has 0 saturated carbocycles. The lowest BCUT2D eigenvalue weighted by atomic mass is 10.3. The maximum atomic E-state index is 11.2. The molecule has 0 unspecified atom stereocenters. The summed E-state index contributed by atoms with van der Waals surface area (Å²) in [6.45, 7) is 0.0130. The van der Waals surface area contributed by atoms with Gasteiger partial charge in [0.1, 0.15) is 0 Å². The van der Waals surface area contributed by atoms with E-state index in [4.69, 9.17) is 32.7 Å². The standard InChI is InChI=1S/C11H9Cl2NO2.HOSi/c12-6-1-2-7-16-11(15)14-10-5-3-4-9(13)8-10;1-2/h3-5,8H,6-7H2,(H,14,15);1H. The molecule has 0 heterocycles. The molecule has 0 aliphatic heterocycles. The highest BCUT2D eigenvalue weighted by Gasteiger charge is 2.01. The Morgan fingerprint density at radius 3 is 2.78 bits per heavy atom. The molecule has 1 rings (SSSR count). The fraction of sp³-hybridized carbons (Fsp3) is 0.182. The van der Waals surface area contributed by atoms with Crippen LogP contribution in [0.3, 0.4) is 0 Å². The largest absolute Gasteiger partial charge is 0.436 e. The lowest BCUT2D eigenvalue weighted by molar-refractivity contribution is 0.176. The maximum Gasteiger partial charge on any atom is 0.412 e. The molecule has 0 atom stereocenters. The summed E-state index contributed by atoms with van der Waals surface area (Å²) in [5, 5.41) is 3.05. The predicted octanol–water partition coefficient (Wildman–Crippen LogP) is 2.19. The second-order valence-corrected chi connectivity index (χ2v) is 3.40. The van der Waals surface area contributed by atoms with Crippen LogP contribution in [-0.4, -0.2) is 33.9 Å². The third-order valence-corrected chi connectivity index (χ3v) is 1.91. The summed E-state index contributed by atoms with van der Waals surface area (Å²) >= 11 is 11.1. The van der Waals surface area contributed by atoms with Crippen molar-refractivity contribution in [2.75, 3.05) is 17.8 Å². The summed E-state index contributed by atoms with van der Waals surface area (Å²) in [6.07, 6.45) is -0.578.